The fraction of sp³-hybridized carbons (Fsp3) is 0.903. The Morgan fingerprint density at radius 1 is 0.692 bits per heavy atom. The molecule has 0 aromatic carbocycles. The van der Waals surface area contributed by atoms with Crippen LogP contribution >= 0.6 is 11.6 Å². The lowest BCUT2D eigenvalue weighted by molar-refractivity contribution is -1.05. The van der Waals surface area contributed by atoms with E-state index in [-0.39, 0.29) is 22.2 Å². The summed E-state index contributed by atoms with van der Waals surface area (Å²) in [5, 5.41) is 0.310. The van der Waals surface area contributed by atoms with Crippen molar-refractivity contribution in [2.45, 2.75) is 143 Å². The fourth-order valence-corrected chi connectivity index (χ4v) is 8.58. The van der Waals surface area contributed by atoms with Crippen LogP contribution in [0.2, 0.25) is 5.28 Å². The molecule has 1 aromatic heterocycles. The Kier molecular flexibility index (Phi) is 9.57. The molecule has 6 atom stereocenters. The zero-order chi connectivity index (χ0) is 29.5. The Morgan fingerprint density at radius 2 is 1.05 bits per heavy atom. The van der Waals surface area contributed by atoms with Gasteiger partial charge in [-0.1, -0.05) is 40.5 Å². The van der Waals surface area contributed by atoms with Crippen molar-refractivity contribution in [1.29, 1.82) is 0 Å². The summed E-state index contributed by atoms with van der Waals surface area (Å²) in [7, 11) is 4.69. The fourth-order valence-electron chi connectivity index (χ4n) is 8.42. The minimum atomic E-state index is -0.360. The maximum atomic E-state index is 6.85. The normalized spacial score (nSPS) is 38.1. The first kappa shape index (κ1) is 32.7. The third kappa shape index (κ3) is 5.52. The SMILES string of the molecule is CCCCN[N+]1(C)C(C)(C)CC(C)CC1(C)c1nc(Cl)nc(C2(C)CC(C)CC(C)(C)[N+]2(C)NCCCC)n1. The molecule has 0 saturated carbocycles. The second-order valence-electron chi connectivity index (χ2n) is 15.0. The average molecular weight is 566 g/mol. The van der Waals surface area contributed by atoms with Crippen molar-refractivity contribution in [3.05, 3.63) is 16.9 Å². The summed E-state index contributed by atoms with van der Waals surface area (Å²) < 4.78 is 1.37. The van der Waals surface area contributed by atoms with E-state index in [2.05, 4.69) is 94.2 Å². The number of likely N-dealkylation sites (tertiary alicyclic amines) is 2. The molecule has 39 heavy (non-hydrogen) atoms. The average Bonchev–Trinajstić information content (AvgIpc) is 2.80. The number of quaternary nitrogens is 2. The Hall–Kier alpha value is -0.860. The van der Waals surface area contributed by atoms with Crippen molar-refractivity contribution in [2.24, 2.45) is 11.8 Å². The molecule has 0 radical (unpaired) electrons. The molecule has 3 heterocycles. The highest BCUT2D eigenvalue weighted by Crippen LogP contribution is 2.52. The lowest BCUT2D eigenvalue weighted by Crippen LogP contribution is -2.78. The minimum absolute atomic E-state index is 0.00302. The summed E-state index contributed by atoms with van der Waals surface area (Å²) in [6, 6.07) is 0. The lowest BCUT2D eigenvalue weighted by atomic mass is 9.71. The lowest BCUT2D eigenvalue weighted by Gasteiger charge is -2.61. The topological polar surface area (TPSA) is 62.7 Å². The van der Waals surface area contributed by atoms with Gasteiger partial charge in [0.25, 0.3) is 0 Å². The van der Waals surface area contributed by atoms with Gasteiger partial charge in [0.1, 0.15) is 11.1 Å². The Morgan fingerprint density at radius 3 is 1.38 bits per heavy atom. The van der Waals surface area contributed by atoms with Gasteiger partial charge in [0.2, 0.25) is 5.28 Å². The molecule has 2 N–H and O–H groups in total. The minimum Gasteiger partial charge on any atom is -0.233 e. The first-order valence-corrected chi connectivity index (χ1v) is 16.0. The van der Waals surface area contributed by atoms with Gasteiger partial charge in [-0.25, -0.2) is 14.2 Å². The summed E-state index contributed by atoms with van der Waals surface area (Å²) in [4.78, 5) is 15.3. The van der Waals surface area contributed by atoms with Gasteiger partial charge in [0, 0.05) is 52.6 Å². The number of hydrogen-bond acceptors (Lipinski definition) is 5. The van der Waals surface area contributed by atoms with E-state index in [9.17, 15) is 0 Å². The van der Waals surface area contributed by atoms with E-state index >= 15 is 0 Å². The van der Waals surface area contributed by atoms with Crippen LogP contribution < -0.4 is 10.9 Å². The largest absolute Gasteiger partial charge is 0.233 e. The van der Waals surface area contributed by atoms with E-state index in [0.717, 1.165) is 76.1 Å². The number of unbranched alkanes of at least 4 members (excludes halogenated alkanes) is 2. The van der Waals surface area contributed by atoms with Gasteiger partial charge in [-0.3, -0.25) is 0 Å². The van der Waals surface area contributed by atoms with E-state index in [1.165, 1.54) is 0 Å². The second kappa shape index (κ2) is 11.4. The molecule has 8 heteroatoms. The zero-order valence-corrected chi connectivity index (χ0v) is 28.1. The van der Waals surface area contributed by atoms with Crippen LogP contribution in [0, 0.1) is 11.8 Å². The van der Waals surface area contributed by atoms with Crippen molar-refractivity contribution >= 4 is 11.6 Å². The Balaban J connectivity index is 2.21. The predicted octanol–water partition coefficient (Wildman–Crippen LogP) is 6.88. The van der Waals surface area contributed by atoms with Gasteiger partial charge >= 0.3 is 0 Å². The molecule has 1 aromatic rings. The van der Waals surface area contributed by atoms with E-state index in [0.29, 0.717) is 26.3 Å². The van der Waals surface area contributed by atoms with Gasteiger partial charge in [-0.05, 0) is 64.0 Å². The predicted molar refractivity (Wildman–Crippen MR) is 163 cm³/mol. The van der Waals surface area contributed by atoms with E-state index < -0.39 is 0 Å². The standard InChI is InChI=1S/C31H60ClN7/c1-13-15-17-33-38(11)28(5,6)19-23(3)21-30(38,9)25-35-26(37-27(32)36-25)31(10)22-24(4)20-29(7,8)39(31,12)34-18-16-14-2/h23-24,33-34H,13-22H2,1-12H3/q+2. The first-order chi connectivity index (χ1) is 17.9. The van der Waals surface area contributed by atoms with Crippen molar-refractivity contribution in [3.63, 3.8) is 0 Å². The van der Waals surface area contributed by atoms with E-state index in [1.54, 1.807) is 0 Å². The quantitative estimate of drug-likeness (QED) is 0.239. The summed E-state index contributed by atoms with van der Waals surface area (Å²) in [5.74, 6) is 2.73. The Labute approximate surface area is 245 Å². The van der Waals surface area contributed by atoms with Gasteiger partial charge in [0.05, 0.1) is 14.1 Å². The summed E-state index contributed by atoms with van der Waals surface area (Å²) in [6.45, 7) is 25.4. The van der Waals surface area contributed by atoms with E-state index in [4.69, 9.17) is 26.6 Å². The highest BCUT2D eigenvalue weighted by atomic mass is 35.5. The number of halogens is 1. The molecule has 3 rings (SSSR count). The molecule has 6 unspecified atom stereocenters. The molecular formula is C31H60ClN7+2. The van der Waals surface area contributed by atoms with Gasteiger partial charge in [-0.15, -0.1) is 0 Å². The molecule has 0 spiro atoms. The summed E-state index contributed by atoms with van der Waals surface area (Å²) in [6.07, 6.45) is 8.88. The molecule has 0 aliphatic carbocycles. The molecule has 224 valence electrons. The number of piperidine rings is 2. The highest BCUT2D eigenvalue weighted by molar-refractivity contribution is 6.28. The van der Waals surface area contributed by atoms with Crippen LogP contribution in [0.5, 0.6) is 0 Å². The first-order valence-electron chi connectivity index (χ1n) is 15.6. The molecule has 7 nitrogen and oxygen atoms in total. The molecule has 2 fully saturated rings. The van der Waals surface area contributed by atoms with Crippen LogP contribution in [0.3, 0.4) is 0 Å². The number of rotatable bonds is 10. The highest BCUT2D eigenvalue weighted by Gasteiger charge is 2.64. The van der Waals surface area contributed by atoms with Crippen LogP contribution in [0.25, 0.3) is 0 Å². The van der Waals surface area contributed by atoms with Gasteiger partial charge in [-0.2, -0.15) is 20.8 Å². The third-order valence-electron chi connectivity index (χ3n) is 11.1. The monoisotopic (exact) mass is 565 g/mol. The summed E-state index contributed by atoms with van der Waals surface area (Å²) >= 11 is 6.85. The maximum Gasteiger partial charge on any atom is 0.226 e. The molecule has 0 bridgehead atoms. The molecule has 2 aliphatic rings. The number of hydrogen-bond donors (Lipinski definition) is 2. The van der Waals surface area contributed by atoms with Crippen LogP contribution in [0.4, 0.5) is 0 Å². The third-order valence-corrected chi connectivity index (χ3v) is 11.2. The molecule has 2 aliphatic heterocycles. The number of aromatic nitrogens is 3. The van der Waals surface area contributed by atoms with Crippen molar-refractivity contribution in [1.82, 2.24) is 25.8 Å². The second-order valence-corrected chi connectivity index (χ2v) is 15.3. The van der Waals surface area contributed by atoms with Gasteiger partial charge in [0.15, 0.2) is 22.7 Å². The van der Waals surface area contributed by atoms with Crippen LogP contribution in [0.15, 0.2) is 0 Å². The van der Waals surface area contributed by atoms with Crippen LogP contribution in [0.1, 0.15) is 132 Å². The molecule has 0 amide bonds. The molecular weight excluding hydrogens is 506 g/mol. The van der Waals surface area contributed by atoms with Crippen molar-refractivity contribution < 1.29 is 9.18 Å². The maximum absolute atomic E-state index is 6.85. The van der Waals surface area contributed by atoms with Crippen molar-refractivity contribution in [3.8, 4) is 0 Å². The number of nitrogens with one attached hydrogen (secondary N) is 2. The van der Waals surface area contributed by atoms with Gasteiger partial charge < -0.3 is 0 Å². The van der Waals surface area contributed by atoms with Crippen LogP contribution in [-0.4, -0.2) is 62.4 Å². The molecule has 2 saturated heterocycles. The Bertz CT molecular complexity index is 925. The number of nitrogens with zero attached hydrogens (tertiary/aromatic N) is 5. The zero-order valence-electron chi connectivity index (χ0n) is 27.3. The van der Waals surface area contributed by atoms with Crippen molar-refractivity contribution in [2.75, 3.05) is 27.2 Å². The van der Waals surface area contributed by atoms with Crippen LogP contribution in [-0.2, 0) is 11.1 Å². The smallest absolute Gasteiger partial charge is 0.226 e. The summed E-state index contributed by atoms with van der Waals surface area (Å²) in [5.41, 5.74) is 7.23. The van der Waals surface area contributed by atoms with E-state index in [1.807, 2.05) is 0 Å².